The van der Waals surface area contributed by atoms with Gasteiger partial charge in [0.25, 0.3) is 5.91 Å². The molecule has 1 aromatic carbocycles. The molecule has 0 unspecified atom stereocenters. The van der Waals surface area contributed by atoms with Crippen LogP contribution in [0, 0.1) is 0 Å². The van der Waals surface area contributed by atoms with E-state index in [0.29, 0.717) is 4.47 Å². The summed E-state index contributed by atoms with van der Waals surface area (Å²) >= 11 is 3.30. The summed E-state index contributed by atoms with van der Waals surface area (Å²) in [6, 6.07) is 4.29. The first-order chi connectivity index (χ1) is 11.7. The van der Waals surface area contributed by atoms with Crippen LogP contribution in [-0.2, 0) is 10.0 Å². The number of rotatable bonds is 5. The monoisotopic (exact) mass is 429 g/mol. The topological polar surface area (TPSA) is 92.5 Å². The highest BCUT2D eigenvalue weighted by Gasteiger charge is 2.22. The molecule has 0 saturated carbocycles. The summed E-state index contributed by atoms with van der Waals surface area (Å²) in [5, 5.41) is 8.13. The molecule has 1 amide bonds. The van der Waals surface area contributed by atoms with Gasteiger partial charge < -0.3 is 5.32 Å². The number of allylic oxidation sites excluding steroid dienone is 1. The lowest BCUT2D eigenvalue weighted by molar-refractivity contribution is 0.0913. The lowest BCUT2D eigenvalue weighted by atomic mass is 10.0. The van der Waals surface area contributed by atoms with Crippen molar-refractivity contribution in [3.05, 3.63) is 39.9 Å². The summed E-state index contributed by atoms with van der Waals surface area (Å²) in [4.78, 5) is 14.8. The molecule has 8 heteroatoms. The second kappa shape index (κ2) is 8.44. The van der Waals surface area contributed by atoms with E-state index in [1.807, 2.05) is 0 Å². The third kappa shape index (κ3) is 5.91. The van der Waals surface area contributed by atoms with Crippen molar-refractivity contribution in [3.8, 4) is 0 Å². The molecule has 0 radical (unpaired) electrons. The number of carbonyl (C=O) groups is 1. The van der Waals surface area contributed by atoms with Gasteiger partial charge in [0, 0.05) is 30.1 Å². The highest BCUT2D eigenvalue weighted by Crippen LogP contribution is 2.21. The maximum Gasteiger partial charge on any atom is 0.252 e. The Labute approximate surface area is 157 Å². The van der Waals surface area contributed by atoms with Gasteiger partial charge in [-0.3, -0.25) is 9.69 Å². The van der Waals surface area contributed by atoms with Gasteiger partial charge in [0.2, 0.25) is 10.0 Å². The molecule has 1 aliphatic rings. The summed E-state index contributed by atoms with van der Waals surface area (Å²) < 4.78 is 23.5. The van der Waals surface area contributed by atoms with Crippen molar-refractivity contribution >= 4 is 31.9 Å². The predicted octanol–water partition coefficient (Wildman–Crippen LogP) is 2.26. The zero-order chi connectivity index (χ0) is 18.6. The SMILES string of the molecule is CC(C)=CCN1CCC(NC(=O)c2cc(S(N)(=O)=O)ccc2Br)CC1. The first kappa shape index (κ1) is 20.1. The Hall–Kier alpha value is -1.22. The summed E-state index contributed by atoms with van der Waals surface area (Å²) in [6.45, 7) is 6.95. The molecular weight excluding hydrogens is 406 g/mol. The minimum atomic E-state index is -3.84. The summed E-state index contributed by atoms with van der Waals surface area (Å²) in [5.74, 6) is -0.292. The lowest BCUT2D eigenvalue weighted by Gasteiger charge is -2.31. The maximum absolute atomic E-state index is 12.5. The van der Waals surface area contributed by atoms with E-state index in [1.165, 1.54) is 23.8 Å². The minimum absolute atomic E-state index is 0.0719. The molecule has 1 aliphatic heterocycles. The van der Waals surface area contributed by atoms with Gasteiger partial charge in [0.1, 0.15) is 0 Å². The van der Waals surface area contributed by atoms with Crippen LogP contribution in [0.1, 0.15) is 37.0 Å². The number of primary sulfonamides is 1. The van der Waals surface area contributed by atoms with Gasteiger partial charge in [0.15, 0.2) is 0 Å². The molecular formula is C17H24BrN3O3S. The van der Waals surface area contributed by atoms with Gasteiger partial charge in [-0.05, 0) is 60.8 Å². The number of nitrogens with one attached hydrogen (secondary N) is 1. The second-order valence-electron chi connectivity index (χ2n) is 6.52. The number of carbonyl (C=O) groups excluding carboxylic acids is 1. The normalized spacial score (nSPS) is 16.5. The van der Waals surface area contributed by atoms with Gasteiger partial charge >= 0.3 is 0 Å². The van der Waals surface area contributed by atoms with Gasteiger partial charge in [-0.25, -0.2) is 13.6 Å². The van der Waals surface area contributed by atoms with Crippen LogP contribution in [-0.4, -0.2) is 44.9 Å². The molecule has 6 nitrogen and oxygen atoms in total. The van der Waals surface area contributed by atoms with Crippen LogP contribution in [0.3, 0.4) is 0 Å². The minimum Gasteiger partial charge on any atom is -0.349 e. The number of amides is 1. The van der Waals surface area contributed by atoms with Gasteiger partial charge in [0.05, 0.1) is 10.5 Å². The van der Waals surface area contributed by atoms with Crippen LogP contribution in [0.4, 0.5) is 0 Å². The Morgan fingerprint density at radius 3 is 2.56 bits per heavy atom. The van der Waals surface area contributed by atoms with Crippen molar-refractivity contribution in [2.75, 3.05) is 19.6 Å². The fourth-order valence-corrected chi connectivity index (χ4v) is 3.66. The van der Waals surface area contributed by atoms with Gasteiger partial charge in [-0.15, -0.1) is 0 Å². The number of hydrogen-bond acceptors (Lipinski definition) is 4. The highest BCUT2D eigenvalue weighted by atomic mass is 79.9. The molecule has 1 fully saturated rings. The van der Waals surface area contributed by atoms with Crippen molar-refractivity contribution in [1.29, 1.82) is 0 Å². The van der Waals surface area contributed by atoms with Crippen molar-refractivity contribution in [1.82, 2.24) is 10.2 Å². The third-order valence-electron chi connectivity index (χ3n) is 4.19. The van der Waals surface area contributed by atoms with E-state index in [-0.39, 0.29) is 22.4 Å². The van der Waals surface area contributed by atoms with Crippen LogP contribution in [0.25, 0.3) is 0 Å². The van der Waals surface area contributed by atoms with E-state index < -0.39 is 10.0 Å². The Bertz CT molecular complexity index is 765. The highest BCUT2D eigenvalue weighted by molar-refractivity contribution is 9.10. The third-order valence-corrected chi connectivity index (χ3v) is 5.79. The van der Waals surface area contributed by atoms with E-state index in [2.05, 4.69) is 46.1 Å². The van der Waals surface area contributed by atoms with Crippen LogP contribution in [0.15, 0.2) is 39.2 Å². The van der Waals surface area contributed by atoms with Crippen LogP contribution < -0.4 is 10.5 Å². The first-order valence-electron chi connectivity index (χ1n) is 8.16. The average Bonchev–Trinajstić information content (AvgIpc) is 2.53. The van der Waals surface area contributed by atoms with Crippen LogP contribution in [0.2, 0.25) is 0 Å². The number of benzene rings is 1. The zero-order valence-corrected chi connectivity index (χ0v) is 16.9. The Balaban J connectivity index is 1.98. The molecule has 1 saturated heterocycles. The largest absolute Gasteiger partial charge is 0.349 e. The Morgan fingerprint density at radius 2 is 2.00 bits per heavy atom. The van der Waals surface area contributed by atoms with E-state index in [4.69, 9.17) is 5.14 Å². The van der Waals surface area contributed by atoms with E-state index >= 15 is 0 Å². The number of piperidine rings is 1. The number of hydrogen-bond donors (Lipinski definition) is 2. The van der Waals surface area contributed by atoms with E-state index in [0.717, 1.165) is 32.5 Å². The van der Waals surface area contributed by atoms with Crippen molar-refractivity contribution in [2.24, 2.45) is 5.14 Å². The van der Waals surface area contributed by atoms with Gasteiger partial charge in [-0.1, -0.05) is 11.6 Å². The molecule has 2 rings (SSSR count). The lowest BCUT2D eigenvalue weighted by Crippen LogP contribution is -2.44. The summed E-state index contributed by atoms with van der Waals surface area (Å²) in [6.07, 6.45) is 3.94. The first-order valence-corrected chi connectivity index (χ1v) is 10.5. The Morgan fingerprint density at radius 1 is 1.36 bits per heavy atom. The number of sulfonamides is 1. The summed E-state index contributed by atoms with van der Waals surface area (Å²) in [5.41, 5.74) is 1.58. The van der Waals surface area contributed by atoms with Crippen LogP contribution in [0.5, 0.6) is 0 Å². The standard InChI is InChI=1S/C17H24BrN3O3S/c1-12(2)5-8-21-9-6-13(7-10-21)20-17(22)15-11-14(25(19,23)24)3-4-16(15)18/h3-5,11,13H,6-10H2,1-2H3,(H,20,22)(H2,19,23,24). The number of halogens is 1. The predicted molar refractivity (Wildman–Crippen MR) is 102 cm³/mol. The molecule has 3 N–H and O–H groups in total. The molecule has 1 aromatic rings. The molecule has 25 heavy (non-hydrogen) atoms. The van der Waals surface area contributed by atoms with E-state index in [9.17, 15) is 13.2 Å². The molecule has 0 aromatic heterocycles. The quantitative estimate of drug-likeness (QED) is 0.701. The van der Waals surface area contributed by atoms with E-state index in [1.54, 1.807) is 0 Å². The number of likely N-dealkylation sites (tertiary alicyclic amines) is 1. The van der Waals surface area contributed by atoms with Gasteiger partial charge in [-0.2, -0.15) is 0 Å². The maximum atomic E-state index is 12.5. The van der Waals surface area contributed by atoms with Crippen molar-refractivity contribution < 1.29 is 13.2 Å². The summed E-state index contributed by atoms with van der Waals surface area (Å²) in [7, 11) is -3.84. The Kier molecular flexibility index (Phi) is 6.79. The fourth-order valence-electron chi connectivity index (χ4n) is 2.69. The fraction of sp³-hybridized carbons (Fsp3) is 0.471. The second-order valence-corrected chi connectivity index (χ2v) is 8.93. The zero-order valence-electron chi connectivity index (χ0n) is 14.5. The molecule has 138 valence electrons. The van der Waals surface area contributed by atoms with Crippen molar-refractivity contribution in [3.63, 3.8) is 0 Å². The number of nitrogens with two attached hydrogens (primary N) is 1. The number of nitrogens with zero attached hydrogens (tertiary/aromatic N) is 1. The average molecular weight is 430 g/mol. The van der Waals surface area contributed by atoms with Crippen LogP contribution >= 0.6 is 15.9 Å². The molecule has 1 heterocycles. The molecule has 0 aliphatic carbocycles. The molecule has 0 bridgehead atoms. The van der Waals surface area contributed by atoms with Crippen molar-refractivity contribution in [2.45, 2.75) is 37.6 Å². The molecule has 0 atom stereocenters. The smallest absolute Gasteiger partial charge is 0.252 e. The molecule has 0 spiro atoms.